The van der Waals surface area contributed by atoms with E-state index < -0.39 is 0 Å². The second kappa shape index (κ2) is 4.71. The standard InChI is InChI=1S/C8H10FN3S/c9-7-4-2-1-3-6(7)5-13-8(10)12-11/h1-4H,5,11H2,(H2,10,12). The van der Waals surface area contributed by atoms with Gasteiger partial charge in [0.05, 0.1) is 0 Å². The van der Waals surface area contributed by atoms with Gasteiger partial charge in [-0.3, -0.25) is 0 Å². The number of nitrogens with zero attached hydrogens (tertiary/aromatic N) is 1. The molecule has 5 heteroatoms. The minimum Gasteiger partial charge on any atom is -0.377 e. The number of nitrogens with two attached hydrogens (primary N) is 2. The third kappa shape index (κ3) is 2.95. The summed E-state index contributed by atoms with van der Waals surface area (Å²) in [5, 5.41) is 3.52. The Kier molecular flexibility index (Phi) is 3.57. The second-order valence-electron chi connectivity index (χ2n) is 2.35. The molecule has 1 rings (SSSR count). The molecule has 0 amide bonds. The van der Waals surface area contributed by atoms with E-state index in [1.165, 1.54) is 17.8 Å². The topological polar surface area (TPSA) is 64.4 Å². The van der Waals surface area contributed by atoms with Gasteiger partial charge in [0.15, 0.2) is 5.17 Å². The molecular formula is C8H10FN3S. The molecule has 70 valence electrons. The van der Waals surface area contributed by atoms with Gasteiger partial charge in [-0.05, 0) is 11.6 Å². The fraction of sp³-hybridized carbons (Fsp3) is 0.125. The summed E-state index contributed by atoms with van der Waals surface area (Å²) in [4.78, 5) is 0. The van der Waals surface area contributed by atoms with Crippen LogP contribution in [0.5, 0.6) is 0 Å². The predicted molar refractivity (Wildman–Crippen MR) is 53.5 cm³/mol. The Morgan fingerprint density at radius 2 is 2.15 bits per heavy atom. The maximum absolute atomic E-state index is 13.0. The van der Waals surface area contributed by atoms with Crippen molar-refractivity contribution in [2.45, 2.75) is 5.75 Å². The summed E-state index contributed by atoms with van der Waals surface area (Å²) in [6.07, 6.45) is 0. The molecule has 0 aromatic heterocycles. The number of rotatable bonds is 2. The lowest BCUT2D eigenvalue weighted by Gasteiger charge is -2.00. The van der Waals surface area contributed by atoms with Crippen LogP contribution in [0.25, 0.3) is 0 Å². The lowest BCUT2D eigenvalue weighted by molar-refractivity contribution is 0.617. The van der Waals surface area contributed by atoms with Crippen molar-refractivity contribution >= 4 is 16.9 Å². The Morgan fingerprint density at radius 3 is 2.77 bits per heavy atom. The minimum atomic E-state index is -0.236. The molecule has 0 aliphatic carbocycles. The molecule has 0 fully saturated rings. The van der Waals surface area contributed by atoms with Gasteiger partial charge < -0.3 is 11.6 Å². The SMILES string of the molecule is NN=C(N)SCc1ccccc1F. The van der Waals surface area contributed by atoms with E-state index in [0.717, 1.165) is 0 Å². The first-order valence-corrected chi connectivity index (χ1v) is 4.62. The molecule has 0 spiro atoms. The number of hydrogen-bond donors (Lipinski definition) is 2. The van der Waals surface area contributed by atoms with Crippen LogP contribution in [0.3, 0.4) is 0 Å². The number of amidine groups is 1. The number of thioether (sulfide) groups is 1. The lowest BCUT2D eigenvalue weighted by atomic mass is 10.2. The van der Waals surface area contributed by atoms with Crippen LogP contribution in [0.2, 0.25) is 0 Å². The molecule has 0 saturated heterocycles. The molecule has 13 heavy (non-hydrogen) atoms. The molecule has 0 saturated carbocycles. The van der Waals surface area contributed by atoms with Gasteiger partial charge in [-0.2, -0.15) is 5.10 Å². The molecule has 0 atom stereocenters. The van der Waals surface area contributed by atoms with Crippen LogP contribution in [-0.2, 0) is 5.75 Å². The summed E-state index contributed by atoms with van der Waals surface area (Å²) in [6.45, 7) is 0. The smallest absolute Gasteiger partial charge is 0.177 e. The van der Waals surface area contributed by atoms with Gasteiger partial charge in [0.1, 0.15) is 5.82 Å². The highest BCUT2D eigenvalue weighted by molar-refractivity contribution is 8.13. The summed E-state index contributed by atoms with van der Waals surface area (Å²) in [6, 6.07) is 6.52. The number of hydrazone groups is 1. The third-order valence-corrected chi connectivity index (χ3v) is 2.32. The summed E-state index contributed by atoms with van der Waals surface area (Å²) in [5.41, 5.74) is 5.93. The van der Waals surface area contributed by atoms with E-state index in [1.807, 2.05) is 0 Å². The van der Waals surface area contributed by atoms with Crippen LogP contribution in [0.1, 0.15) is 5.56 Å². The van der Waals surface area contributed by atoms with Crippen molar-refractivity contribution in [1.82, 2.24) is 0 Å². The van der Waals surface area contributed by atoms with Gasteiger partial charge >= 0.3 is 0 Å². The van der Waals surface area contributed by atoms with Crippen molar-refractivity contribution in [2.75, 3.05) is 0 Å². The quantitative estimate of drug-likeness (QED) is 0.326. The summed E-state index contributed by atoms with van der Waals surface area (Å²) in [5.74, 6) is 5.13. The Balaban J connectivity index is 2.60. The maximum Gasteiger partial charge on any atom is 0.177 e. The Hall–Kier alpha value is -1.23. The van der Waals surface area contributed by atoms with E-state index in [-0.39, 0.29) is 11.0 Å². The fourth-order valence-corrected chi connectivity index (χ4v) is 1.42. The van der Waals surface area contributed by atoms with E-state index in [0.29, 0.717) is 11.3 Å². The van der Waals surface area contributed by atoms with E-state index in [4.69, 9.17) is 11.6 Å². The highest BCUT2D eigenvalue weighted by atomic mass is 32.2. The first kappa shape index (κ1) is 9.85. The lowest BCUT2D eigenvalue weighted by Crippen LogP contribution is -2.09. The van der Waals surface area contributed by atoms with E-state index in [1.54, 1.807) is 18.2 Å². The number of hydrogen-bond acceptors (Lipinski definition) is 3. The van der Waals surface area contributed by atoms with Crippen LogP contribution < -0.4 is 11.6 Å². The molecule has 0 aliphatic heterocycles. The zero-order valence-electron chi connectivity index (χ0n) is 6.90. The van der Waals surface area contributed by atoms with Gasteiger partial charge in [-0.25, -0.2) is 4.39 Å². The van der Waals surface area contributed by atoms with Crippen LogP contribution in [-0.4, -0.2) is 5.17 Å². The third-order valence-electron chi connectivity index (χ3n) is 1.46. The van der Waals surface area contributed by atoms with Crippen molar-refractivity contribution < 1.29 is 4.39 Å². The van der Waals surface area contributed by atoms with Gasteiger partial charge in [-0.15, -0.1) is 0 Å². The van der Waals surface area contributed by atoms with Crippen molar-refractivity contribution in [1.29, 1.82) is 0 Å². The molecule has 3 nitrogen and oxygen atoms in total. The first-order valence-electron chi connectivity index (χ1n) is 3.63. The molecule has 4 N–H and O–H groups in total. The summed E-state index contributed by atoms with van der Waals surface area (Å²) in [7, 11) is 0. The molecule has 1 aromatic rings. The molecular weight excluding hydrogens is 189 g/mol. The molecule has 0 heterocycles. The van der Waals surface area contributed by atoms with E-state index in [9.17, 15) is 4.39 Å². The van der Waals surface area contributed by atoms with E-state index >= 15 is 0 Å². The number of benzene rings is 1. The van der Waals surface area contributed by atoms with Crippen LogP contribution in [0.4, 0.5) is 4.39 Å². The van der Waals surface area contributed by atoms with Crippen molar-refractivity contribution in [3.63, 3.8) is 0 Å². The zero-order chi connectivity index (χ0) is 9.68. The second-order valence-corrected chi connectivity index (χ2v) is 3.34. The van der Waals surface area contributed by atoms with E-state index in [2.05, 4.69) is 5.10 Å². The van der Waals surface area contributed by atoms with Crippen LogP contribution in [0.15, 0.2) is 29.4 Å². The average molecular weight is 199 g/mol. The minimum absolute atomic E-state index is 0.236. The molecule has 1 aromatic carbocycles. The van der Waals surface area contributed by atoms with Gasteiger partial charge in [0.25, 0.3) is 0 Å². The van der Waals surface area contributed by atoms with Gasteiger partial charge in [0.2, 0.25) is 0 Å². The van der Waals surface area contributed by atoms with Crippen molar-refractivity contribution in [3.05, 3.63) is 35.6 Å². The highest BCUT2D eigenvalue weighted by Crippen LogP contribution is 2.14. The Morgan fingerprint density at radius 1 is 1.46 bits per heavy atom. The zero-order valence-corrected chi connectivity index (χ0v) is 7.72. The number of halogens is 1. The average Bonchev–Trinajstić information content (AvgIpc) is 2.16. The molecule has 0 unspecified atom stereocenters. The monoisotopic (exact) mass is 199 g/mol. The van der Waals surface area contributed by atoms with Gasteiger partial charge in [-0.1, -0.05) is 30.0 Å². The maximum atomic E-state index is 13.0. The Bertz CT molecular complexity index is 314. The normalized spacial score (nSPS) is 11.6. The van der Waals surface area contributed by atoms with Crippen LogP contribution in [0, 0.1) is 5.82 Å². The summed E-state index contributed by atoms with van der Waals surface area (Å²) < 4.78 is 13.0. The summed E-state index contributed by atoms with van der Waals surface area (Å²) >= 11 is 1.21. The highest BCUT2D eigenvalue weighted by Gasteiger charge is 2.01. The predicted octanol–water partition coefficient (Wildman–Crippen LogP) is 1.25. The van der Waals surface area contributed by atoms with Crippen molar-refractivity contribution in [2.24, 2.45) is 16.7 Å². The first-order chi connectivity index (χ1) is 6.24. The largest absolute Gasteiger partial charge is 0.377 e. The fourth-order valence-electron chi connectivity index (χ4n) is 0.804. The molecule has 0 bridgehead atoms. The van der Waals surface area contributed by atoms with Crippen molar-refractivity contribution in [3.8, 4) is 0 Å². The molecule has 0 aliphatic rings. The Labute approximate surface area is 80.0 Å². The molecule has 0 radical (unpaired) electrons. The van der Waals surface area contributed by atoms with Crippen LogP contribution >= 0.6 is 11.8 Å². The van der Waals surface area contributed by atoms with Gasteiger partial charge in [0, 0.05) is 5.75 Å².